The molecule has 0 saturated heterocycles. The number of amides is 3. The fraction of sp³-hybridized carbons (Fsp3) is 0.267. The zero-order valence-electron chi connectivity index (χ0n) is 11.1. The molecule has 1 aromatic rings. The van der Waals surface area contributed by atoms with Crippen molar-refractivity contribution in [2.45, 2.75) is 25.9 Å². The second-order valence-corrected chi connectivity index (χ2v) is 5.04. The van der Waals surface area contributed by atoms with E-state index in [-0.39, 0.29) is 18.4 Å². The van der Waals surface area contributed by atoms with Gasteiger partial charge in [-0.05, 0) is 12.5 Å². The van der Waals surface area contributed by atoms with Gasteiger partial charge in [0.15, 0.2) is 0 Å². The van der Waals surface area contributed by atoms with Crippen molar-refractivity contribution in [3.05, 3.63) is 47.0 Å². The van der Waals surface area contributed by atoms with Crippen LogP contribution in [0.15, 0.2) is 41.5 Å². The van der Waals surface area contributed by atoms with Gasteiger partial charge in [-0.1, -0.05) is 30.3 Å². The van der Waals surface area contributed by atoms with Crippen LogP contribution in [0.1, 0.15) is 18.9 Å². The second kappa shape index (κ2) is 4.59. The zero-order valence-corrected chi connectivity index (χ0v) is 11.1. The highest BCUT2D eigenvalue weighted by atomic mass is 16.2. The minimum Gasteiger partial charge on any atom is -0.328 e. The Balaban J connectivity index is 1.89. The van der Waals surface area contributed by atoms with Crippen LogP contribution >= 0.6 is 0 Å². The summed E-state index contributed by atoms with van der Waals surface area (Å²) in [7, 11) is 0. The van der Waals surface area contributed by atoms with Crippen molar-refractivity contribution in [2.24, 2.45) is 0 Å². The van der Waals surface area contributed by atoms with Crippen LogP contribution in [0.2, 0.25) is 0 Å². The van der Waals surface area contributed by atoms with E-state index in [0.717, 1.165) is 5.56 Å². The molecule has 0 fully saturated rings. The van der Waals surface area contributed by atoms with Crippen molar-refractivity contribution in [1.82, 2.24) is 10.2 Å². The third-order valence-electron chi connectivity index (χ3n) is 3.76. The normalized spacial score (nSPS) is 22.1. The van der Waals surface area contributed by atoms with E-state index in [1.165, 1.54) is 0 Å². The molecule has 5 heteroatoms. The van der Waals surface area contributed by atoms with Crippen LogP contribution in [0.3, 0.4) is 0 Å². The molecule has 1 N–H and O–H groups in total. The van der Waals surface area contributed by atoms with Gasteiger partial charge in [-0.25, -0.2) is 0 Å². The first kappa shape index (κ1) is 12.6. The topological polar surface area (TPSA) is 66.5 Å². The van der Waals surface area contributed by atoms with Crippen LogP contribution in [-0.4, -0.2) is 28.7 Å². The van der Waals surface area contributed by atoms with E-state index in [0.29, 0.717) is 17.7 Å². The molecular weight excluding hydrogens is 256 g/mol. The first-order chi connectivity index (χ1) is 9.58. The van der Waals surface area contributed by atoms with E-state index in [9.17, 15) is 14.4 Å². The van der Waals surface area contributed by atoms with E-state index in [2.05, 4.69) is 5.32 Å². The fourth-order valence-corrected chi connectivity index (χ4v) is 2.76. The Labute approximate surface area is 116 Å². The van der Waals surface area contributed by atoms with Gasteiger partial charge < -0.3 is 4.90 Å². The van der Waals surface area contributed by atoms with Gasteiger partial charge >= 0.3 is 0 Å². The van der Waals surface area contributed by atoms with Gasteiger partial charge in [0.2, 0.25) is 5.91 Å². The summed E-state index contributed by atoms with van der Waals surface area (Å²) in [6.07, 6.45) is -0.00443. The van der Waals surface area contributed by atoms with E-state index in [4.69, 9.17) is 0 Å². The number of hydrogen-bond donors (Lipinski definition) is 1. The molecule has 2 aliphatic heterocycles. The van der Waals surface area contributed by atoms with E-state index >= 15 is 0 Å². The highest BCUT2D eigenvalue weighted by Gasteiger charge is 2.43. The number of carbonyl (C=O) groups excluding carboxylic acids is 3. The molecular formula is C15H14N2O3. The molecule has 0 bridgehead atoms. The molecule has 0 spiro atoms. The predicted octanol–water partition coefficient (Wildman–Crippen LogP) is 0.760. The Kier molecular flexibility index (Phi) is 2.89. The molecule has 1 unspecified atom stereocenters. The number of rotatable bonds is 2. The molecule has 3 rings (SSSR count). The van der Waals surface area contributed by atoms with Crippen molar-refractivity contribution >= 4 is 17.7 Å². The molecule has 2 heterocycles. The molecule has 3 amide bonds. The number of benzene rings is 1. The first-order valence-electron chi connectivity index (χ1n) is 6.50. The Morgan fingerprint density at radius 1 is 1.20 bits per heavy atom. The third-order valence-corrected chi connectivity index (χ3v) is 3.76. The number of nitrogens with zero attached hydrogens (tertiary/aromatic N) is 1. The largest absolute Gasteiger partial charge is 0.328 e. The van der Waals surface area contributed by atoms with Gasteiger partial charge in [0.1, 0.15) is 0 Å². The minimum absolute atomic E-state index is 0.00443. The van der Waals surface area contributed by atoms with E-state index < -0.39 is 11.8 Å². The number of hydrogen-bond acceptors (Lipinski definition) is 3. The summed E-state index contributed by atoms with van der Waals surface area (Å²) < 4.78 is 0. The first-order valence-corrected chi connectivity index (χ1v) is 6.50. The quantitative estimate of drug-likeness (QED) is 0.807. The van der Waals surface area contributed by atoms with Crippen molar-refractivity contribution in [3.63, 3.8) is 0 Å². The molecule has 20 heavy (non-hydrogen) atoms. The number of carbonyl (C=O) groups is 3. The SMILES string of the molecule is CC1C2=C(CC(=O)NC2=O)C(=O)N1Cc1ccccc1. The lowest BCUT2D eigenvalue weighted by Gasteiger charge is -2.23. The average Bonchev–Trinajstić information content (AvgIpc) is 2.65. The van der Waals surface area contributed by atoms with Crippen molar-refractivity contribution in [2.75, 3.05) is 0 Å². The lowest BCUT2D eigenvalue weighted by molar-refractivity contribution is -0.131. The Morgan fingerprint density at radius 2 is 1.90 bits per heavy atom. The summed E-state index contributed by atoms with van der Waals surface area (Å²) in [6, 6.07) is 9.29. The van der Waals surface area contributed by atoms with Crippen LogP contribution in [0.25, 0.3) is 0 Å². The summed E-state index contributed by atoms with van der Waals surface area (Å²) in [5.41, 5.74) is 1.78. The summed E-state index contributed by atoms with van der Waals surface area (Å²) >= 11 is 0. The molecule has 102 valence electrons. The Hall–Kier alpha value is -2.43. The van der Waals surface area contributed by atoms with Gasteiger partial charge in [-0.15, -0.1) is 0 Å². The van der Waals surface area contributed by atoms with Gasteiger partial charge in [-0.2, -0.15) is 0 Å². The summed E-state index contributed by atoms with van der Waals surface area (Å²) in [5, 5.41) is 2.27. The molecule has 0 aliphatic carbocycles. The molecule has 5 nitrogen and oxygen atoms in total. The van der Waals surface area contributed by atoms with Gasteiger partial charge in [-0.3, -0.25) is 19.7 Å². The highest BCUT2D eigenvalue weighted by molar-refractivity contribution is 6.18. The standard InChI is InChI=1S/C15H14N2O3/c1-9-13-11(7-12(18)16-14(13)19)15(20)17(9)8-10-5-3-2-4-6-10/h2-6,9H,7-8H2,1H3,(H,16,18,19). The van der Waals surface area contributed by atoms with E-state index in [1.807, 2.05) is 37.3 Å². The van der Waals surface area contributed by atoms with Gasteiger partial charge in [0.05, 0.1) is 12.5 Å². The van der Waals surface area contributed by atoms with Crippen molar-refractivity contribution < 1.29 is 14.4 Å². The maximum atomic E-state index is 12.4. The van der Waals surface area contributed by atoms with Gasteiger partial charge in [0.25, 0.3) is 11.8 Å². The molecule has 0 saturated carbocycles. The summed E-state index contributed by atoms with van der Waals surface area (Å²) in [6.45, 7) is 2.26. The summed E-state index contributed by atoms with van der Waals surface area (Å²) in [4.78, 5) is 37.3. The van der Waals surface area contributed by atoms with Crippen molar-refractivity contribution in [3.8, 4) is 0 Å². The Bertz CT molecular complexity index is 634. The Morgan fingerprint density at radius 3 is 2.60 bits per heavy atom. The lowest BCUT2D eigenvalue weighted by atomic mass is 9.99. The fourth-order valence-electron chi connectivity index (χ4n) is 2.76. The highest BCUT2D eigenvalue weighted by Crippen LogP contribution is 2.31. The van der Waals surface area contributed by atoms with Crippen LogP contribution < -0.4 is 5.32 Å². The predicted molar refractivity (Wildman–Crippen MR) is 71.2 cm³/mol. The maximum absolute atomic E-state index is 12.4. The zero-order chi connectivity index (χ0) is 14.3. The molecule has 0 radical (unpaired) electrons. The minimum atomic E-state index is -0.437. The maximum Gasteiger partial charge on any atom is 0.256 e. The summed E-state index contributed by atoms with van der Waals surface area (Å²) in [5.74, 6) is -1.05. The van der Waals surface area contributed by atoms with E-state index in [1.54, 1.807) is 4.90 Å². The number of nitrogens with one attached hydrogen (secondary N) is 1. The molecule has 1 aromatic carbocycles. The van der Waals surface area contributed by atoms with Crippen LogP contribution in [0, 0.1) is 0 Å². The molecule has 0 aromatic heterocycles. The average molecular weight is 270 g/mol. The van der Waals surface area contributed by atoms with Crippen LogP contribution in [0.5, 0.6) is 0 Å². The number of imide groups is 1. The second-order valence-electron chi connectivity index (χ2n) is 5.04. The molecule has 1 atom stereocenters. The van der Waals surface area contributed by atoms with Crippen LogP contribution in [0.4, 0.5) is 0 Å². The monoisotopic (exact) mass is 270 g/mol. The van der Waals surface area contributed by atoms with Gasteiger partial charge in [0, 0.05) is 17.7 Å². The van der Waals surface area contributed by atoms with Crippen molar-refractivity contribution in [1.29, 1.82) is 0 Å². The molecule has 2 aliphatic rings. The van der Waals surface area contributed by atoms with Crippen LogP contribution in [-0.2, 0) is 20.9 Å². The lowest BCUT2D eigenvalue weighted by Crippen LogP contribution is -2.39. The smallest absolute Gasteiger partial charge is 0.256 e. The third kappa shape index (κ3) is 1.91.